The van der Waals surface area contributed by atoms with Crippen LogP contribution in [0.5, 0.6) is 5.75 Å². The molecular formula is C18H21N3O3S. The molecule has 2 heterocycles. The third kappa shape index (κ3) is 4.18. The molecule has 3 rings (SSSR count). The maximum Gasteiger partial charge on any atom is 0.242 e. The van der Waals surface area contributed by atoms with Gasteiger partial charge in [0.15, 0.2) is 0 Å². The summed E-state index contributed by atoms with van der Waals surface area (Å²) >= 11 is 0. The van der Waals surface area contributed by atoms with Crippen LogP contribution in [0.2, 0.25) is 0 Å². The van der Waals surface area contributed by atoms with E-state index in [-0.39, 0.29) is 4.90 Å². The number of nitrogens with zero attached hydrogens (tertiary/aromatic N) is 1. The van der Waals surface area contributed by atoms with Gasteiger partial charge in [0.25, 0.3) is 0 Å². The Labute approximate surface area is 147 Å². The molecule has 132 valence electrons. The summed E-state index contributed by atoms with van der Waals surface area (Å²) in [6.45, 7) is 3.04. The molecule has 0 aliphatic carbocycles. The van der Waals surface area contributed by atoms with Gasteiger partial charge in [-0.15, -0.1) is 0 Å². The van der Waals surface area contributed by atoms with Crippen LogP contribution in [0.1, 0.15) is 18.9 Å². The smallest absolute Gasteiger partial charge is 0.242 e. The van der Waals surface area contributed by atoms with Gasteiger partial charge < -0.3 is 9.72 Å². The van der Waals surface area contributed by atoms with Crippen LogP contribution in [-0.2, 0) is 16.4 Å². The van der Waals surface area contributed by atoms with Crippen LogP contribution in [0.15, 0.2) is 53.7 Å². The van der Waals surface area contributed by atoms with Crippen LogP contribution in [0.3, 0.4) is 0 Å². The van der Waals surface area contributed by atoms with Crippen molar-refractivity contribution in [2.45, 2.75) is 24.7 Å². The third-order valence-electron chi connectivity index (χ3n) is 3.78. The van der Waals surface area contributed by atoms with Gasteiger partial charge >= 0.3 is 0 Å². The van der Waals surface area contributed by atoms with Crippen molar-refractivity contribution in [2.75, 3.05) is 13.2 Å². The van der Waals surface area contributed by atoms with E-state index in [4.69, 9.17) is 4.74 Å². The molecule has 1 aromatic carbocycles. The van der Waals surface area contributed by atoms with Gasteiger partial charge in [-0.25, -0.2) is 18.1 Å². The predicted molar refractivity (Wildman–Crippen MR) is 97.2 cm³/mol. The molecule has 25 heavy (non-hydrogen) atoms. The summed E-state index contributed by atoms with van der Waals surface area (Å²) in [5.74, 6) is 0.810. The van der Waals surface area contributed by atoms with Crippen molar-refractivity contribution in [2.24, 2.45) is 0 Å². The van der Waals surface area contributed by atoms with Gasteiger partial charge in [-0.2, -0.15) is 0 Å². The second-order valence-electron chi connectivity index (χ2n) is 5.70. The summed E-state index contributed by atoms with van der Waals surface area (Å²) in [5.41, 5.74) is 1.58. The third-order valence-corrected chi connectivity index (χ3v) is 5.28. The number of H-pyrrole nitrogens is 1. The first-order valence-corrected chi connectivity index (χ1v) is 9.72. The lowest BCUT2D eigenvalue weighted by molar-refractivity contribution is 0.317. The number of ether oxygens (including phenoxy) is 1. The Morgan fingerprint density at radius 2 is 2.12 bits per heavy atom. The topological polar surface area (TPSA) is 84.1 Å². The zero-order valence-electron chi connectivity index (χ0n) is 14.0. The molecule has 0 aliphatic rings. The Bertz CT molecular complexity index is 951. The molecule has 0 spiro atoms. The van der Waals surface area contributed by atoms with Crippen molar-refractivity contribution in [1.29, 1.82) is 0 Å². The zero-order valence-corrected chi connectivity index (χ0v) is 14.8. The summed E-state index contributed by atoms with van der Waals surface area (Å²) in [7, 11) is -3.59. The number of fused-ring (bicyclic) bond motifs is 1. The monoisotopic (exact) mass is 359 g/mol. The van der Waals surface area contributed by atoms with E-state index in [0.717, 1.165) is 17.7 Å². The molecule has 0 amide bonds. The van der Waals surface area contributed by atoms with Crippen molar-refractivity contribution < 1.29 is 13.2 Å². The van der Waals surface area contributed by atoms with Gasteiger partial charge in [-0.05, 0) is 42.7 Å². The van der Waals surface area contributed by atoms with Crippen molar-refractivity contribution in [1.82, 2.24) is 14.7 Å². The van der Waals surface area contributed by atoms with Crippen molar-refractivity contribution in [3.63, 3.8) is 0 Å². The highest BCUT2D eigenvalue weighted by molar-refractivity contribution is 7.89. The number of aromatic nitrogens is 2. The number of hydrogen-bond acceptors (Lipinski definition) is 4. The predicted octanol–water partition coefficient (Wildman–Crippen LogP) is 2.87. The average molecular weight is 359 g/mol. The maximum absolute atomic E-state index is 12.5. The summed E-state index contributed by atoms with van der Waals surface area (Å²) in [6.07, 6.45) is 4.63. The lowest BCUT2D eigenvalue weighted by atomic mass is 10.1. The fourth-order valence-corrected chi connectivity index (χ4v) is 3.77. The molecule has 3 aromatic rings. The number of aromatic amines is 1. The Morgan fingerprint density at radius 3 is 2.96 bits per heavy atom. The van der Waals surface area contributed by atoms with E-state index in [1.54, 1.807) is 18.3 Å². The SMILES string of the molecule is CCCOc1cccc(CCNS(=O)(=O)c2c[nH]c3ncccc23)c1. The minimum atomic E-state index is -3.59. The highest BCUT2D eigenvalue weighted by Crippen LogP contribution is 2.20. The second kappa shape index (κ2) is 7.67. The first-order chi connectivity index (χ1) is 12.1. The number of hydrogen-bond donors (Lipinski definition) is 2. The van der Waals surface area contributed by atoms with Crippen molar-refractivity contribution >= 4 is 21.1 Å². The van der Waals surface area contributed by atoms with Gasteiger partial charge in [0.05, 0.1) is 6.61 Å². The number of rotatable bonds is 8. The standard InChI is InChI=1S/C18H21N3O3S/c1-2-11-24-15-6-3-5-14(12-15)8-10-21-25(22,23)17-13-20-18-16(17)7-4-9-19-18/h3-7,9,12-13,21H,2,8,10-11H2,1H3,(H,19,20). The largest absolute Gasteiger partial charge is 0.494 e. The molecule has 2 aromatic heterocycles. The molecule has 0 saturated carbocycles. The van der Waals surface area contributed by atoms with Gasteiger partial charge in [0.1, 0.15) is 16.3 Å². The van der Waals surface area contributed by atoms with Gasteiger partial charge in [-0.1, -0.05) is 19.1 Å². The van der Waals surface area contributed by atoms with E-state index in [1.165, 1.54) is 6.20 Å². The quantitative estimate of drug-likeness (QED) is 0.648. The Kier molecular flexibility index (Phi) is 5.35. The molecule has 2 N–H and O–H groups in total. The number of sulfonamides is 1. The average Bonchev–Trinajstić information content (AvgIpc) is 3.05. The van der Waals surface area contributed by atoms with Gasteiger partial charge in [0, 0.05) is 24.3 Å². The van der Waals surface area contributed by atoms with E-state index < -0.39 is 10.0 Å². The Balaban J connectivity index is 1.65. The minimum absolute atomic E-state index is 0.218. The van der Waals surface area contributed by atoms with E-state index in [0.29, 0.717) is 30.6 Å². The molecule has 0 aliphatic heterocycles. The van der Waals surface area contributed by atoms with Crippen LogP contribution < -0.4 is 9.46 Å². The number of pyridine rings is 1. The Morgan fingerprint density at radius 1 is 1.24 bits per heavy atom. The maximum atomic E-state index is 12.5. The number of nitrogens with one attached hydrogen (secondary N) is 2. The molecule has 6 nitrogen and oxygen atoms in total. The zero-order chi connectivity index (χ0) is 17.7. The fraction of sp³-hybridized carbons (Fsp3) is 0.278. The highest BCUT2D eigenvalue weighted by Gasteiger charge is 2.18. The summed E-state index contributed by atoms with van der Waals surface area (Å²) < 4.78 is 33.3. The van der Waals surface area contributed by atoms with Crippen LogP contribution in [-0.4, -0.2) is 31.5 Å². The molecule has 0 radical (unpaired) electrons. The van der Waals surface area contributed by atoms with E-state index >= 15 is 0 Å². The summed E-state index contributed by atoms with van der Waals surface area (Å²) in [6, 6.07) is 11.2. The molecule has 0 unspecified atom stereocenters. The normalized spacial score (nSPS) is 11.7. The molecule has 0 atom stereocenters. The Hall–Kier alpha value is -2.38. The van der Waals surface area contributed by atoms with Gasteiger partial charge in [0.2, 0.25) is 10.0 Å². The first-order valence-electron chi connectivity index (χ1n) is 8.23. The second-order valence-corrected chi connectivity index (χ2v) is 7.43. The lowest BCUT2D eigenvalue weighted by Crippen LogP contribution is -2.25. The van der Waals surface area contributed by atoms with Gasteiger partial charge in [-0.3, -0.25) is 0 Å². The molecule has 0 saturated heterocycles. The van der Waals surface area contributed by atoms with E-state index in [9.17, 15) is 8.42 Å². The van der Waals surface area contributed by atoms with Crippen LogP contribution in [0.4, 0.5) is 0 Å². The molecule has 0 bridgehead atoms. The molecule has 0 fully saturated rings. The van der Waals surface area contributed by atoms with E-state index in [2.05, 4.69) is 21.6 Å². The van der Waals surface area contributed by atoms with Crippen LogP contribution >= 0.6 is 0 Å². The first kappa shape index (κ1) is 17.4. The highest BCUT2D eigenvalue weighted by atomic mass is 32.2. The fourth-order valence-electron chi connectivity index (χ4n) is 2.57. The van der Waals surface area contributed by atoms with Crippen molar-refractivity contribution in [3.05, 3.63) is 54.4 Å². The van der Waals surface area contributed by atoms with Crippen LogP contribution in [0.25, 0.3) is 11.0 Å². The number of benzene rings is 1. The van der Waals surface area contributed by atoms with E-state index in [1.807, 2.05) is 24.3 Å². The van der Waals surface area contributed by atoms with Crippen molar-refractivity contribution in [3.8, 4) is 5.75 Å². The molecular weight excluding hydrogens is 338 g/mol. The molecule has 7 heteroatoms. The lowest BCUT2D eigenvalue weighted by Gasteiger charge is -2.08. The van der Waals surface area contributed by atoms with Crippen LogP contribution in [0, 0.1) is 0 Å². The summed E-state index contributed by atoms with van der Waals surface area (Å²) in [5, 5.41) is 0.588. The minimum Gasteiger partial charge on any atom is -0.494 e. The summed E-state index contributed by atoms with van der Waals surface area (Å²) in [4.78, 5) is 7.22.